The summed E-state index contributed by atoms with van der Waals surface area (Å²) in [6, 6.07) is -2.20. The van der Waals surface area contributed by atoms with Crippen LogP contribution >= 0.6 is 0 Å². The van der Waals surface area contributed by atoms with Gasteiger partial charge in [-0.3, -0.25) is 19.7 Å². The zero-order valence-corrected chi connectivity index (χ0v) is 14.0. The maximum absolute atomic E-state index is 12.3. The number of likely N-dealkylation sites (N-methyl/N-ethyl adjacent to an activating group) is 1. The number of hydrogen-bond acceptors (Lipinski definition) is 4. The molecule has 0 aromatic rings. The van der Waals surface area contributed by atoms with Gasteiger partial charge >= 0.3 is 6.03 Å². The Morgan fingerprint density at radius 2 is 1.59 bits per heavy atom. The van der Waals surface area contributed by atoms with Crippen molar-refractivity contribution in [3.63, 3.8) is 0 Å². The van der Waals surface area contributed by atoms with Gasteiger partial charge in [-0.1, -0.05) is 13.8 Å². The lowest BCUT2D eigenvalue weighted by molar-refractivity contribution is -0.139. The maximum atomic E-state index is 12.3. The Balaban J connectivity index is 4.84. The van der Waals surface area contributed by atoms with E-state index in [1.54, 1.807) is 7.05 Å². The molecular weight excluding hydrogens is 288 g/mol. The van der Waals surface area contributed by atoms with Gasteiger partial charge in [0.15, 0.2) is 0 Å². The van der Waals surface area contributed by atoms with Crippen molar-refractivity contribution in [2.45, 2.75) is 46.2 Å². The summed E-state index contributed by atoms with van der Waals surface area (Å²) in [6.45, 7) is 6.73. The van der Waals surface area contributed by atoms with Gasteiger partial charge in [-0.2, -0.15) is 0 Å². The zero-order valence-electron chi connectivity index (χ0n) is 14.0. The molecule has 0 spiro atoms. The van der Waals surface area contributed by atoms with E-state index in [0.717, 1.165) is 0 Å². The van der Waals surface area contributed by atoms with Gasteiger partial charge in [0.2, 0.25) is 17.7 Å². The third-order valence-electron chi connectivity index (χ3n) is 3.18. The smallest absolute Gasteiger partial charge is 0.321 e. The maximum Gasteiger partial charge on any atom is 0.321 e. The lowest BCUT2D eigenvalue weighted by Gasteiger charge is -2.28. The molecule has 0 aliphatic rings. The van der Waals surface area contributed by atoms with E-state index in [-0.39, 0.29) is 11.8 Å². The lowest BCUT2D eigenvalue weighted by atomic mass is 10.0. The topological polar surface area (TPSA) is 108 Å². The number of urea groups is 1. The number of rotatable bonds is 6. The first kappa shape index (κ1) is 19.9. The Labute approximate surface area is 131 Å². The normalized spacial score (nSPS) is 13.0. The predicted octanol–water partition coefficient (Wildman–Crippen LogP) is -0.160. The third kappa shape index (κ3) is 6.55. The van der Waals surface area contributed by atoms with Gasteiger partial charge in [-0.15, -0.1) is 0 Å². The van der Waals surface area contributed by atoms with Crippen molar-refractivity contribution in [1.82, 2.24) is 20.9 Å². The molecule has 0 rings (SSSR count). The summed E-state index contributed by atoms with van der Waals surface area (Å²) < 4.78 is 0. The van der Waals surface area contributed by atoms with Gasteiger partial charge in [-0.05, 0) is 19.3 Å². The van der Waals surface area contributed by atoms with Crippen molar-refractivity contribution < 1.29 is 19.2 Å². The fourth-order valence-electron chi connectivity index (χ4n) is 1.76. The minimum Gasteiger partial charge on any atom is -0.343 e. The van der Waals surface area contributed by atoms with Gasteiger partial charge in [0.05, 0.1) is 0 Å². The second-order valence-corrected chi connectivity index (χ2v) is 5.57. The van der Waals surface area contributed by atoms with E-state index < -0.39 is 29.9 Å². The quantitative estimate of drug-likeness (QED) is 0.633. The van der Waals surface area contributed by atoms with Crippen molar-refractivity contribution in [2.24, 2.45) is 5.92 Å². The zero-order chi connectivity index (χ0) is 17.4. The highest BCUT2D eigenvalue weighted by Gasteiger charge is 2.28. The van der Waals surface area contributed by atoms with Crippen LogP contribution in [0.1, 0.15) is 34.1 Å². The number of nitrogens with one attached hydrogen (secondary N) is 3. The minimum atomic E-state index is -0.889. The molecular formula is C14H26N4O4. The first-order valence-corrected chi connectivity index (χ1v) is 7.16. The fraction of sp³-hybridized carbons (Fsp3) is 0.714. The van der Waals surface area contributed by atoms with Crippen LogP contribution in [0.25, 0.3) is 0 Å². The molecule has 126 valence electrons. The average molecular weight is 314 g/mol. The Morgan fingerprint density at radius 1 is 1.05 bits per heavy atom. The SMILES string of the molecule is CNC(=O)NC(=O)[C@@H](C)NC(=O)[C@H](CC(C)C)N(C)C(C)=O. The van der Waals surface area contributed by atoms with E-state index in [1.807, 2.05) is 13.8 Å². The van der Waals surface area contributed by atoms with Crippen LogP contribution in [0.3, 0.4) is 0 Å². The van der Waals surface area contributed by atoms with E-state index in [2.05, 4.69) is 16.0 Å². The highest BCUT2D eigenvalue weighted by molar-refractivity contribution is 5.99. The third-order valence-corrected chi connectivity index (χ3v) is 3.18. The molecule has 0 aromatic heterocycles. The number of amides is 5. The molecule has 0 aromatic carbocycles. The van der Waals surface area contributed by atoms with Crippen molar-refractivity contribution >= 4 is 23.8 Å². The van der Waals surface area contributed by atoms with Crippen LogP contribution in [0, 0.1) is 5.92 Å². The van der Waals surface area contributed by atoms with Crippen LogP contribution in [0.4, 0.5) is 4.79 Å². The summed E-state index contributed by atoms with van der Waals surface area (Å²) in [7, 11) is 2.93. The summed E-state index contributed by atoms with van der Waals surface area (Å²) in [6.07, 6.45) is 0.478. The van der Waals surface area contributed by atoms with Gasteiger partial charge in [-0.25, -0.2) is 4.79 Å². The lowest BCUT2D eigenvalue weighted by Crippen LogP contribution is -2.54. The number of imide groups is 1. The standard InChI is InChI=1S/C14H26N4O4/c1-8(2)7-11(18(6)10(4)19)13(21)16-9(3)12(20)17-14(22)15-5/h8-9,11H,7H2,1-6H3,(H,16,21)(H2,15,17,20,22)/t9-,11+/m1/s1. The number of carbonyl (C=O) groups excluding carboxylic acids is 4. The van der Waals surface area contributed by atoms with E-state index in [4.69, 9.17) is 0 Å². The number of hydrogen-bond donors (Lipinski definition) is 3. The van der Waals surface area contributed by atoms with Crippen molar-refractivity contribution in [3.8, 4) is 0 Å². The Morgan fingerprint density at radius 3 is 2.00 bits per heavy atom. The molecule has 0 unspecified atom stereocenters. The van der Waals surface area contributed by atoms with Gasteiger partial charge in [0.1, 0.15) is 12.1 Å². The molecule has 0 saturated carbocycles. The molecule has 0 heterocycles. The Kier molecular flexibility index (Phi) is 8.14. The first-order valence-electron chi connectivity index (χ1n) is 7.16. The largest absolute Gasteiger partial charge is 0.343 e. The van der Waals surface area contributed by atoms with Crippen LogP contribution in [-0.2, 0) is 14.4 Å². The number of carbonyl (C=O) groups is 4. The molecule has 8 nitrogen and oxygen atoms in total. The molecule has 22 heavy (non-hydrogen) atoms. The van der Waals surface area contributed by atoms with Crippen LogP contribution in [0.5, 0.6) is 0 Å². The molecule has 2 atom stereocenters. The molecule has 0 saturated heterocycles. The molecule has 0 bridgehead atoms. The van der Waals surface area contributed by atoms with Gasteiger partial charge in [0.25, 0.3) is 0 Å². The number of nitrogens with zero attached hydrogens (tertiary/aromatic N) is 1. The summed E-state index contributed by atoms with van der Waals surface area (Å²) >= 11 is 0. The molecule has 8 heteroatoms. The summed E-state index contributed by atoms with van der Waals surface area (Å²) in [4.78, 5) is 48.0. The van der Waals surface area contributed by atoms with Crippen molar-refractivity contribution in [2.75, 3.05) is 14.1 Å². The van der Waals surface area contributed by atoms with E-state index in [0.29, 0.717) is 6.42 Å². The van der Waals surface area contributed by atoms with Crippen LogP contribution < -0.4 is 16.0 Å². The summed E-state index contributed by atoms with van der Waals surface area (Å²) in [5.41, 5.74) is 0. The van der Waals surface area contributed by atoms with E-state index in [1.165, 1.54) is 25.8 Å². The molecule has 0 radical (unpaired) electrons. The highest BCUT2D eigenvalue weighted by Crippen LogP contribution is 2.11. The Hall–Kier alpha value is -2.12. The average Bonchev–Trinajstić information content (AvgIpc) is 2.42. The molecule has 0 aliphatic carbocycles. The van der Waals surface area contributed by atoms with Gasteiger partial charge < -0.3 is 15.5 Å². The van der Waals surface area contributed by atoms with Gasteiger partial charge in [0, 0.05) is 21.0 Å². The summed E-state index contributed by atoms with van der Waals surface area (Å²) in [5.74, 6) is -1.08. The van der Waals surface area contributed by atoms with Crippen LogP contribution in [0.15, 0.2) is 0 Å². The highest BCUT2D eigenvalue weighted by atomic mass is 16.2. The van der Waals surface area contributed by atoms with Crippen LogP contribution in [-0.4, -0.2) is 54.8 Å². The van der Waals surface area contributed by atoms with Crippen molar-refractivity contribution in [3.05, 3.63) is 0 Å². The van der Waals surface area contributed by atoms with Crippen molar-refractivity contribution in [1.29, 1.82) is 0 Å². The predicted molar refractivity (Wildman–Crippen MR) is 81.9 cm³/mol. The van der Waals surface area contributed by atoms with E-state index in [9.17, 15) is 19.2 Å². The van der Waals surface area contributed by atoms with E-state index >= 15 is 0 Å². The van der Waals surface area contributed by atoms with Crippen LogP contribution in [0.2, 0.25) is 0 Å². The first-order chi connectivity index (χ1) is 10.1. The second kappa shape index (κ2) is 9.01. The molecule has 0 fully saturated rings. The fourth-order valence-corrected chi connectivity index (χ4v) is 1.76. The second-order valence-electron chi connectivity index (χ2n) is 5.57. The Bertz CT molecular complexity index is 437. The molecule has 0 aliphatic heterocycles. The minimum absolute atomic E-state index is 0.201. The molecule has 5 amide bonds. The summed E-state index contributed by atoms with van der Waals surface area (Å²) in [5, 5.41) is 6.86. The molecule has 3 N–H and O–H groups in total. The monoisotopic (exact) mass is 314 g/mol.